The van der Waals surface area contributed by atoms with Gasteiger partial charge in [0, 0.05) is 184 Å². The van der Waals surface area contributed by atoms with E-state index in [1.807, 2.05) is 212 Å². The monoisotopic (exact) mass is 1970 g/mol. The van der Waals surface area contributed by atoms with Crippen molar-refractivity contribution in [2.75, 3.05) is 92.8 Å². The van der Waals surface area contributed by atoms with Crippen LogP contribution in [0.3, 0.4) is 0 Å². The maximum Gasteiger partial charge on any atom is 0.245 e. The standard InChI is InChI=1S/2C22H22N2O3.3C21H20N2O2.C14H16FNO2/c1-3-22(25)24-13-11-16(12-14-24)27-21-10-6-8-17(19(21)15-23)18-7-4-5-9-20(18)26-2;1-3-22(25)24-12-10-18(11-13-24)27-21-14-16(8-9-17(21)15-23)19-6-4-5-7-20(19)26-2;1-2-21(24)23-13-11-17(12-14-23)25-20-10-6-9-18(19(20)15-22)16-7-4-3-5-8-16;1-2-21(24)23-10-8-19(9-11-23)25-20-13-16(15-22)12-18(14-20)17-6-4-3-5-7-17;1-2-21(24)23-12-10-19(11-13-23)25-20-14-17(8-9-18(20)15-22)16-6-4-3-5-7-16;1-2-14(17)16-8-6-12(7-9-16)18-13-5-3-4-11(15)10-13/h3-10,16H,1,11-14H2,2H3;3-9,14,18H,1,10-13H2,2H3;2-10,17H,1,11-14H2;2-7,12-14,19H,1,8-11H2;2-9,14,19H,1,10-13H2;2-5,10,12H,1,6-9H2. The molecule has 147 heavy (non-hydrogen) atoms. The van der Waals surface area contributed by atoms with E-state index in [0.717, 1.165) is 138 Å². The van der Waals surface area contributed by atoms with Crippen molar-refractivity contribution in [3.05, 3.63) is 364 Å². The SMILES string of the molecule is C=CC(=O)N1CCC(Oc2cc(-c3ccccc3)ccc2C#N)CC1.C=CC(=O)N1CCC(Oc2cc(-c3ccccc3OC)ccc2C#N)CC1.C=CC(=O)N1CCC(Oc2cc(C#N)cc(-c3ccccc3)c2)CC1.C=CC(=O)N1CCC(Oc2cccc(-c3ccccc3)c2C#N)CC1.C=CC(=O)N1CCC(Oc2cccc(-c3ccccc3OC)c2C#N)CC1.C=CC(=O)N1CCC(Oc2cccc(F)c2)CC1. The molecule has 750 valence electrons. The summed E-state index contributed by atoms with van der Waals surface area (Å²) in [5.41, 5.74) is 12.2. The fraction of sp³-hybridized carbons (Fsp3) is 0.264. The average molecular weight is 1970 g/mol. The van der Waals surface area contributed by atoms with E-state index < -0.39 is 0 Å². The lowest BCUT2D eigenvalue weighted by molar-refractivity contribution is -0.128. The fourth-order valence-electron chi connectivity index (χ4n) is 17.8. The number of benzene rings is 11. The first-order valence-corrected chi connectivity index (χ1v) is 49.0. The van der Waals surface area contributed by atoms with Gasteiger partial charge in [-0.1, -0.05) is 209 Å². The van der Waals surface area contributed by atoms with E-state index in [9.17, 15) is 59.5 Å². The Balaban J connectivity index is 0.000000157. The van der Waals surface area contributed by atoms with Crippen LogP contribution in [0, 0.1) is 62.5 Å². The Morgan fingerprint density at radius 3 is 0.946 bits per heavy atom. The molecule has 0 bridgehead atoms. The molecule has 0 N–H and O–H groups in total. The molecule has 6 fully saturated rings. The molecule has 26 heteroatoms. The molecule has 0 saturated carbocycles. The smallest absolute Gasteiger partial charge is 0.245 e. The van der Waals surface area contributed by atoms with E-state index in [4.69, 9.17) is 37.9 Å². The van der Waals surface area contributed by atoms with Crippen molar-refractivity contribution >= 4 is 35.4 Å². The Bertz CT molecular complexity index is 6550. The number of methoxy groups -OCH3 is 2. The highest BCUT2D eigenvalue weighted by atomic mass is 19.1. The second kappa shape index (κ2) is 55.8. The highest BCUT2D eigenvalue weighted by Gasteiger charge is 2.31. The molecular formula is C121H120FN11O14. The first-order valence-electron chi connectivity index (χ1n) is 49.0. The molecule has 6 amide bonds. The lowest BCUT2D eigenvalue weighted by Gasteiger charge is -2.31. The van der Waals surface area contributed by atoms with Gasteiger partial charge in [0.25, 0.3) is 0 Å². The van der Waals surface area contributed by atoms with Crippen LogP contribution >= 0.6 is 0 Å². The third kappa shape index (κ3) is 30.8. The van der Waals surface area contributed by atoms with Crippen molar-refractivity contribution in [2.45, 2.75) is 114 Å². The maximum atomic E-state index is 13.0. The van der Waals surface area contributed by atoms with Crippen LogP contribution in [-0.4, -0.2) is 194 Å². The molecule has 6 aliphatic rings. The van der Waals surface area contributed by atoms with E-state index in [-0.39, 0.29) is 77.9 Å². The molecule has 0 radical (unpaired) electrons. The molecule has 0 aliphatic carbocycles. The van der Waals surface area contributed by atoms with Crippen LogP contribution < -0.4 is 37.9 Å². The van der Waals surface area contributed by atoms with Gasteiger partial charge in [-0.25, -0.2) is 4.39 Å². The van der Waals surface area contributed by atoms with Gasteiger partial charge in [0.05, 0.1) is 37.0 Å². The predicted octanol–water partition coefficient (Wildman–Crippen LogP) is 21.3. The number of carbonyl (C=O) groups excluding carboxylic acids is 6. The van der Waals surface area contributed by atoms with Gasteiger partial charge >= 0.3 is 0 Å². The Labute approximate surface area is 859 Å². The summed E-state index contributed by atoms with van der Waals surface area (Å²) in [6, 6.07) is 90.5. The van der Waals surface area contributed by atoms with Crippen molar-refractivity contribution in [3.63, 3.8) is 0 Å². The summed E-state index contributed by atoms with van der Waals surface area (Å²) >= 11 is 0. The van der Waals surface area contributed by atoms with Crippen LogP contribution in [0.25, 0.3) is 55.6 Å². The molecule has 25 nitrogen and oxygen atoms in total. The second-order valence-corrected chi connectivity index (χ2v) is 35.1. The molecule has 11 aromatic carbocycles. The number of rotatable bonds is 25. The number of nitrogens with zero attached hydrogens (tertiary/aromatic N) is 11. The van der Waals surface area contributed by atoms with E-state index in [0.29, 0.717) is 147 Å². The van der Waals surface area contributed by atoms with Gasteiger partial charge in [0.2, 0.25) is 35.4 Å². The first-order chi connectivity index (χ1) is 71.6. The molecular weight excluding hydrogens is 1850 g/mol. The minimum atomic E-state index is -0.299. The summed E-state index contributed by atoms with van der Waals surface area (Å²) < 4.78 is 60.2. The lowest BCUT2D eigenvalue weighted by Crippen LogP contribution is -2.41. The Kier molecular flexibility index (Phi) is 41.1. The number of amides is 6. The predicted molar refractivity (Wildman–Crippen MR) is 565 cm³/mol. The van der Waals surface area contributed by atoms with Gasteiger partial charge in [-0.15, -0.1) is 0 Å². The van der Waals surface area contributed by atoms with Crippen molar-refractivity contribution < 1.29 is 71.1 Å². The molecule has 0 unspecified atom stereocenters. The van der Waals surface area contributed by atoms with Gasteiger partial charge in [-0.2, -0.15) is 26.3 Å². The zero-order valence-corrected chi connectivity index (χ0v) is 82.9. The second-order valence-electron chi connectivity index (χ2n) is 35.1. The number of hydrogen-bond donors (Lipinski definition) is 0. The number of para-hydroxylation sites is 2. The summed E-state index contributed by atoms with van der Waals surface area (Å²) in [7, 11) is 3.25. The van der Waals surface area contributed by atoms with Crippen LogP contribution in [0.2, 0.25) is 0 Å². The van der Waals surface area contributed by atoms with Gasteiger partial charge < -0.3 is 67.3 Å². The van der Waals surface area contributed by atoms with Crippen molar-refractivity contribution in [1.29, 1.82) is 26.3 Å². The summed E-state index contributed by atoms with van der Waals surface area (Å²) in [4.78, 5) is 80.4. The Hall–Kier alpha value is -17.5. The molecule has 17 rings (SSSR count). The molecule has 0 spiro atoms. The van der Waals surface area contributed by atoms with Gasteiger partial charge in [-0.3, -0.25) is 28.8 Å². The van der Waals surface area contributed by atoms with Crippen molar-refractivity contribution in [1.82, 2.24) is 29.4 Å². The lowest BCUT2D eigenvalue weighted by atomic mass is 9.98. The summed E-state index contributed by atoms with van der Waals surface area (Å²) in [6.07, 6.45) is 17.1. The zero-order chi connectivity index (χ0) is 104. The summed E-state index contributed by atoms with van der Waals surface area (Å²) in [6.45, 7) is 28.9. The highest BCUT2D eigenvalue weighted by Crippen LogP contribution is 2.40. The Morgan fingerprint density at radius 1 is 0.265 bits per heavy atom. The van der Waals surface area contributed by atoms with Gasteiger partial charge in [-0.05, 0) is 149 Å². The van der Waals surface area contributed by atoms with E-state index in [1.165, 1.54) is 48.6 Å². The summed E-state index contributed by atoms with van der Waals surface area (Å²) in [5.74, 6) is 4.51. The Morgan fingerprint density at radius 2 is 0.571 bits per heavy atom. The molecule has 11 aromatic rings. The van der Waals surface area contributed by atoms with Crippen LogP contribution in [0.4, 0.5) is 4.39 Å². The van der Waals surface area contributed by atoms with E-state index >= 15 is 0 Å². The number of likely N-dealkylation sites (tertiary alicyclic amines) is 6. The van der Waals surface area contributed by atoms with Gasteiger partial charge in [0.1, 0.15) is 124 Å². The number of hydrogen-bond acceptors (Lipinski definition) is 19. The minimum Gasteiger partial charge on any atom is -0.496 e. The van der Waals surface area contributed by atoms with Crippen molar-refractivity contribution in [3.8, 4) is 132 Å². The van der Waals surface area contributed by atoms with E-state index in [2.05, 4.69) is 69.8 Å². The molecule has 0 atom stereocenters. The third-order valence-corrected chi connectivity index (χ3v) is 25.8. The number of nitriles is 5. The van der Waals surface area contributed by atoms with Crippen LogP contribution in [0.15, 0.2) is 331 Å². The first kappa shape index (κ1) is 108. The third-order valence-electron chi connectivity index (χ3n) is 25.8. The topological polar surface area (TPSA) is 315 Å². The molecule has 0 aromatic heterocycles. The van der Waals surface area contributed by atoms with E-state index in [1.54, 1.807) is 74.0 Å². The van der Waals surface area contributed by atoms with Crippen LogP contribution in [0.1, 0.15) is 105 Å². The number of piperidine rings is 6. The van der Waals surface area contributed by atoms with Crippen LogP contribution in [0.5, 0.6) is 46.0 Å². The minimum absolute atomic E-state index is 0.00647. The number of carbonyl (C=O) groups is 6. The number of halogens is 1. The average Bonchev–Trinajstić information content (AvgIpc) is 0.802. The molecule has 6 heterocycles. The maximum absolute atomic E-state index is 13.0. The van der Waals surface area contributed by atoms with Crippen molar-refractivity contribution in [2.24, 2.45) is 0 Å². The summed E-state index contributed by atoms with van der Waals surface area (Å²) in [5, 5.41) is 47.5. The van der Waals surface area contributed by atoms with Crippen LogP contribution in [-0.2, 0) is 28.8 Å². The quantitative estimate of drug-likeness (QED) is 0.0480. The van der Waals surface area contributed by atoms with Gasteiger partial charge in [0.15, 0.2) is 0 Å². The zero-order valence-electron chi connectivity index (χ0n) is 82.9. The number of ether oxygens (including phenoxy) is 8. The fourth-order valence-corrected chi connectivity index (χ4v) is 17.8. The molecule has 6 aliphatic heterocycles. The highest BCUT2D eigenvalue weighted by molar-refractivity contribution is 5.90. The largest absolute Gasteiger partial charge is 0.496 e. The normalized spacial score (nSPS) is 14.7. The molecule has 6 saturated heterocycles.